The molecule has 0 aliphatic heterocycles. The number of amides is 1. The van der Waals surface area contributed by atoms with Gasteiger partial charge in [-0.3, -0.25) is 14.8 Å². The first kappa shape index (κ1) is 15.7. The van der Waals surface area contributed by atoms with Gasteiger partial charge in [0.15, 0.2) is 0 Å². The Kier molecular flexibility index (Phi) is 4.78. The maximum atomic E-state index is 12.4. The van der Waals surface area contributed by atoms with Crippen molar-refractivity contribution in [2.75, 3.05) is 5.88 Å². The predicted octanol–water partition coefficient (Wildman–Crippen LogP) is 3.40. The molecule has 0 aliphatic carbocycles. The minimum Gasteiger partial charge on any atom is -0.349 e. The van der Waals surface area contributed by atoms with Gasteiger partial charge in [-0.2, -0.15) is 0 Å². The molecule has 0 spiro atoms. The monoisotopic (exact) mass is 305 g/mol. The lowest BCUT2D eigenvalue weighted by Crippen LogP contribution is -2.44. The van der Waals surface area contributed by atoms with E-state index >= 15 is 0 Å². The lowest BCUT2D eigenvalue weighted by molar-refractivity contribution is 0.0900. The molecule has 5 heteroatoms. The molecule has 1 amide bonds. The summed E-state index contributed by atoms with van der Waals surface area (Å²) in [5.74, 6) is 0.415. The third-order valence-corrected chi connectivity index (χ3v) is 3.70. The van der Waals surface area contributed by atoms with E-state index in [9.17, 15) is 4.79 Å². The van der Waals surface area contributed by atoms with E-state index in [0.717, 1.165) is 17.5 Å². The van der Waals surface area contributed by atoms with E-state index in [1.54, 1.807) is 24.5 Å². The molecule has 1 aromatic heterocycles. The number of rotatable bonds is 4. The van der Waals surface area contributed by atoms with Gasteiger partial charge in [-0.25, -0.2) is 0 Å². The van der Waals surface area contributed by atoms with Gasteiger partial charge in [-0.1, -0.05) is 20.8 Å². The van der Waals surface area contributed by atoms with E-state index in [-0.39, 0.29) is 17.4 Å². The van der Waals surface area contributed by atoms with Gasteiger partial charge >= 0.3 is 0 Å². The number of benzene rings is 1. The van der Waals surface area contributed by atoms with E-state index in [4.69, 9.17) is 11.6 Å². The zero-order valence-corrected chi connectivity index (χ0v) is 13.3. The van der Waals surface area contributed by atoms with Crippen LogP contribution in [0.15, 0.2) is 30.6 Å². The molecule has 0 saturated heterocycles. The smallest absolute Gasteiger partial charge is 0.251 e. The molecule has 2 aromatic rings. The maximum Gasteiger partial charge on any atom is 0.251 e. The lowest BCUT2D eigenvalue weighted by atomic mass is 9.85. The Morgan fingerprint density at radius 1 is 1.24 bits per heavy atom. The second-order valence-electron chi connectivity index (χ2n) is 6.13. The molecule has 1 unspecified atom stereocenters. The molecular formula is C16H20ClN3O. The number of carbonyl (C=O) groups is 1. The molecular weight excluding hydrogens is 286 g/mol. The number of hydrogen-bond donors (Lipinski definition) is 1. The Morgan fingerprint density at radius 2 is 1.90 bits per heavy atom. The summed E-state index contributed by atoms with van der Waals surface area (Å²) in [6, 6.07) is 5.37. The summed E-state index contributed by atoms with van der Waals surface area (Å²) in [5, 5.41) is 3.07. The molecule has 1 atom stereocenters. The molecule has 1 heterocycles. The van der Waals surface area contributed by atoms with Crippen LogP contribution >= 0.6 is 11.6 Å². The molecule has 1 aromatic carbocycles. The summed E-state index contributed by atoms with van der Waals surface area (Å²) in [5.41, 5.74) is 2.05. The summed E-state index contributed by atoms with van der Waals surface area (Å²) in [7, 11) is 0. The molecule has 112 valence electrons. The maximum absolute atomic E-state index is 12.4. The van der Waals surface area contributed by atoms with Crippen molar-refractivity contribution >= 4 is 28.5 Å². The number of nitrogens with one attached hydrogen (secondary N) is 1. The van der Waals surface area contributed by atoms with Crippen LogP contribution in [0.25, 0.3) is 11.0 Å². The fourth-order valence-corrected chi connectivity index (χ4v) is 2.40. The van der Waals surface area contributed by atoms with Crippen molar-refractivity contribution in [3.05, 3.63) is 36.2 Å². The van der Waals surface area contributed by atoms with Gasteiger partial charge < -0.3 is 5.32 Å². The summed E-state index contributed by atoms with van der Waals surface area (Å²) in [6.07, 6.45) is 4.00. The van der Waals surface area contributed by atoms with Crippen LogP contribution in [0.1, 0.15) is 37.6 Å². The molecule has 0 radical (unpaired) electrons. The van der Waals surface area contributed by atoms with Gasteiger partial charge in [-0.05, 0) is 30.0 Å². The van der Waals surface area contributed by atoms with Crippen LogP contribution in [0, 0.1) is 5.41 Å². The minimum atomic E-state index is -0.104. The Morgan fingerprint density at radius 3 is 2.52 bits per heavy atom. The second-order valence-corrected chi connectivity index (χ2v) is 6.51. The second kappa shape index (κ2) is 6.39. The van der Waals surface area contributed by atoms with Crippen molar-refractivity contribution < 1.29 is 4.79 Å². The molecule has 2 rings (SSSR count). The fraction of sp³-hybridized carbons (Fsp3) is 0.438. The third kappa shape index (κ3) is 3.91. The number of alkyl halides is 1. The Labute approximate surface area is 129 Å². The summed E-state index contributed by atoms with van der Waals surface area (Å²) in [4.78, 5) is 20.8. The zero-order chi connectivity index (χ0) is 15.5. The first-order valence-electron chi connectivity index (χ1n) is 6.99. The SMILES string of the molecule is CC(C)(C)C(CCCl)NC(=O)c1ccc2nccnc2c1. The molecule has 0 saturated carbocycles. The highest BCUT2D eigenvalue weighted by Gasteiger charge is 2.26. The van der Waals surface area contributed by atoms with Gasteiger partial charge in [0.05, 0.1) is 11.0 Å². The van der Waals surface area contributed by atoms with E-state index in [2.05, 4.69) is 36.1 Å². The largest absolute Gasteiger partial charge is 0.349 e. The number of aromatic nitrogens is 2. The van der Waals surface area contributed by atoms with Crippen molar-refractivity contribution in [1.82, 2.24) is 15.3 Å². The Balaban J connectivity index is 2.21. The van der Waals surface area contributed by atoms with Crippen molar-refractivity contribution in [2.45, 2.75) is 33.2 Å². The van der Waals surface area contributed by atoms with Crippen LogP contribution in [0.2, 0.25) is 0 Å². The van der Waals surface area contributed by atoms with Crippen LogP contribution in [-0.2, 0) is 0 Å². The normalized spacial score (nSPS) is 13.1. The topological polar surface area (TPSA) is 54.9 Å². The first-order chi connectivity index (χ1) is 9.91. The van der Waals surface area contributed by atoms with Gasteiger partial charge in [-0.15, -0.1) is 11.6 Å². The van der Waals surface area contributed by atoms with Gasteiger partial charge in [0.25, 0.3) is 5.91 Å². The first-order valence-corrected chi connectivity index (χ1v) is 7.53. The molecule has 0 fully saturated rings. The quantitative estimate of drug-likeness (QED) is 0.881. The van der Waals surface area contributed by atoms with E-state index in [0.29, 0.717) is 11.4 Å². The van der Waals surface area contributed by atoms with Crippen LogP contribution in [0.3, 0.4) is 0 Å². The molecule has 0 bridgehead atoms. The number of nitrogens with zero attached hydrogens (tertiary/aromatic N) is 2. The average Bonchev–Trinajstić information content (AvgIpc) is 2.45. The molecule has 0 aliphatic rings. The van der Waals surface area contributed by atoms with Crippen LogP contribution < -0.4 is 5.32 Å². The summed E-state index contributed by atoms with van der Waals surface area (Å²) < 4.78 is 0. The van der Waals surface area contributed by atoms with Crippen LogP contribution in [0.5, 0.6) is 0 Å². The highest BCUT2D eigenvalue weighted by atomic mass is 35.5. The number of carbonyl (C=O) groups excluding carboxylic acids is 1. The molecule has 21 heavy (non-hydrogen) atoms. The standard InChI is InChI=1S/C16H20ClN3O/c1-16(2,3)14(6-7-17)20-15(21)11-4-5-12-13(10-11)19-9-8-18-12/h4-5,8-10,14H,6-7H2,1-3H3,(H,20,21). The highest BCUT2D eigenvalue weighted by molar-refractivity contribution is 6.17. The van der Waals surface area contributed by atoms with Gasteiger partial charge in [0.1, 0.15) is 0 Å². The Bertz CT molecular complexity index is 637. The number of fused-ring (bicyclic) bond motifs is 1. The fourth-order valence-electron chi connectivity index (χ4n) is 2.18. The van der Waals surface area contributed by atoms with Gasteiger partial charge in [0, 0.05) is 29.9 Å². The molecule has 4 nitrogen and oxygen atoms in total. The number of halogens is 1. The van der Waals surface area contributed by atoms with E-state index in [1.807, 2.05) is 6.07 Å². The number of hydrogen-bond acceptors (Lipinski definition) is 3. The summed E-state index contributed by atoms with van der Waals surface area (Å²) >= 11 is 5.84. The predicted molar refractivity (Wildman–Crippen MR) is 85.6 cm³/mol. The average molecular weight is 306 g/mol. The van der Waals surface area contributed by atoms with Crippen molar-refractivity contribution in [3.8, 4) is 0 Å². The minimum absolute atomic E-state index is 0.0278. The molecule has 1 N–H and O–H groups in total. The van der Waals surface area contributed by atoms with Crippen LogP contribution in [-0.4, -0.2) is 27.8 Å². The van der Waals surface area contributed by atoms with Crippen molar-refractivity contribution in [1.29, 1.82) is 0 Å². The van der Waals surface area contributed by atoms with Gasteiger partial charge in [0.2, 0.25) is 0 Å². The lowest BCUT2D eigenvalue weighted by Gasteiger charge is -2.31. The zero-order valence-electron chi connectivity index (χ0n) is 12.6. The highest BCUT2D eigenvalue weighted by Crippen LogP contribution is 2.23. The van der Waals surface area contributed by atoms with Crippen LogP contribution in [0.4, 0.5) is 0 Å². The van der Waals surface area contributed by atoms with Crippen molar-refractivity contribution in [3.63, 3.8) is 0 Å². The summed E-state index contributed by atoms with van der Waals surface area (Å²) in [6.45, 7) is 6.28. The van der Waals surface area contributed by atoms with E-state index in [1.165, 1.54) is 0 Å². The van der Waals surface area contributed by atoms with E-state index < -0.39 is 0 Å². The van der Waals surface area contributed by atoms with Crippen molar-refractivity contribution in [2.24, 2.45) is 5.41 Å². The Hall–Kier alpha value is -1.68. The third-order valence-electron chi connectivity index (χ3n) is 3.48.